The van der Waals surface area contributed by atoms with Crippen molar-refractivity contribution in [2.75, 3.05) is 6.54 Å². The van der Waals surface area contributed by atoms with E-state index in [-0.39, 0.29) is 12.6 Å². The number of aliphatic hydroxyl groups excluding tert-OH is 1. The van der Waals surface area contributed by atoms with Gasteiger partial charge in [-0.3, -0.25) is 9.59 Å². The number of hydrogen-bond donors (Lipinski definition) is 3. The molecular weight excluding hydrogens is 306 g/mol. The Balaban J connectivity index is 1.54. The Bertz CT molecular complexity index is 747. The number of carbonyl (C=O) groups excluding carboxylic acids is 2. The molecule has 0 unspecified atom stereocenters. The van der Waals surface area contributed by atoms with E-state index in [0.717, 1.165) is 36.6 Å². The summed E-state index contributed by atoms with van der Waals surface area (Å²) in [4.78, 5) is 23.7. The molecule has 1 saturated carbocycles. The number of fused-ring (bicyclic) bond motifs is 1. The average Bonchev–Trinajstić information content (AvgIpc) is 3.22. The monoisotopic (exact) mass is 329 g/mol. The molecule has 0 aliphatic heterocycles. The van der Waals surface area contributed by atoms with Crippen molar-refractivity contribution in [1.29, 1.82) is 0 Å². The lowest BCUT2D eigenvalue weighted by molar-refractivity contribution is -0.139. The topological polar surface area (TPSA) is 83.4 Å². The molecule has 1 aliphatic rings. The number of benzene rings is 1. The molecule has 0 bridgehead atoms. The highest BCUT2D eigenvalue weighted by Crippen LogP contribution is 2.21. The van der Waals surface area contributed by atoms with Gasteiger partial charge in [0.2, 0.25) is 0 Å². The molecule has 0 radical (unpaired) electrons. The van der Waals surface area contributed by atoms with Crippen LogP contribution < -0.4 is 10.6 Å². The number of amides is 2. The summed E-state index contributed by atoms with van der Waals surface area (Å²) in [6.07, 6.45) is 5.14. The van der Waals surface area contributed by atoms with Crippen molar-refractivity contribution in [3.05, 3.63) is 36.0 Å². The third-order valence-corrected chi connectivity index (χ3v) is 4.65. The Labute approximate surface area is 140 Å². The Morgan fingerprint density at radius 2 is 2.00 bits per heavy atom. The molecule has 1 fully saturated rings. The van der Waals surface area contributed by atoms with Gasteiger partial charge < -0.3 is 20.3 Å². The lowest BCUT2D eigenvalue weighted by atomic mass is 10.1. The molecule has 3 N–H and O–H groups in total. The molecule has 0 saturated heterocycles. The number of hydrogen-bond acceptors (Lipinski definition) is 3. The van der Waals surface area contributed by atoms with E-state index in [0.29, 0.717) is 5.56 Å². The molecule has 6 nitrogen and oxygen atoms in total. The minimum atomic E-state index is -0.849. The predicted octanol–water partition coefficient (Wildman–Crippen LogP) is 1.39. The first kappa shape index (κ1) is 16.5. The van der Waals surface area contributed by atoms with Crippen LogP contribution >= 0.6 is 0 Å². The van der Waals surface area contributed by atoms with Gasteiger partial charge in [-0.25, -0.2) is 0 Å². The largest absolute Gasteiger partial charge is 0.387 e. The minimum absolute atomic E-state index is 0.00919. The minimum Gasteiger partial charge on any atom is -0.387 e. The van der Waals surface area contributed by atoms with Gasteiger partial charge in [0.15, 0.2) is 0 Å². The van der Waals surface area contributed by atoms with E-state index < -0.39 is 17.9 Å². The van der Waals surface area contributed by atoms with Gasteiger partial charge in [-0.2, -0.15) is 0 Å². The smallest absolute Gasteiger partial charge is 0.309 e. The highest BCUT2D eigenvalue weighted by molar-refractivity contribution is 6.35. The zero-order valence-corrected chi connectivity index (χ0v) is 13.8. The van der Waals surface area contributed by atoms with Crippen molar-refractivity contribution < 1.29 is 14.7 Å². The van der Waals surface area contributed by atoms with Gasteiger partial charge in [-0.1, -0.05) is 18.9 Å². The van der Waals surface area contributed by atoms with E-state index in [2.05, 4.69) is 10.6 Å². The first-order chi connectivity index (χ1) is 11.5. The van der Waals surface area contributed by atoms with Crippen LogP contribution in [0.2, 0.25) is 0 Å². The lowest BCUT2D eigenvalue weighted by Crippen LogP contribution is -2.44. The maximum Gasteiger partial charge on any atom is 0.309 e. The average molecular weight is 329 g/mol. The van der Waals surface area contributed by atoms with Gasteiger partial charge in [-0.05, 0) is 42.0 Å². The van der Waals surface area contributed by atoms with E-state index in [9.17, 15) is 14.7 Å². The second-order valence-electron chi connectivity index (χ2n) is 6.43. The van der Waals surface area contributed by atoms with Crippen LogP contribution in [-0.4, -0.2) is 34.1 Å². The number of aromatic nitrogens is 1. The molecule has 1 heterocycles. The van der Waals surface area contributed by atoms with Gasteiger partial charge in [0.1, 0.15) is 0 Å². The summed E-state index contributed by atoms with van der Waals surface area (Å²) in [6, 6.07) is 7.73. The fourth-order valence-corrected chi connectivity index (χ4v) is 3.22. The van der Waals surface area contributed by atoms with Crippen molar-refractivity contribution in [2.45, 2.75) is 37.8 Å². The Morgan fingerprint density at radius 3 is 2.75 bits per heavy atom. The highest BCUT2D eigenvalue weighted by atomic mass is 16.3. The van der Waals surface area contributed by atoms with Crippen LogP contribution in [0.15, 0.2) is 30.5 Å². The zero-order valence-electron chi connectivity index (χ0n) is 13.8. The summed E-state index contributed by atoms with van der Waals surface area (Å²) in [6.45, 7) is 0.00919. The summed E-state index contributed by atoms with van der Waals surface area (Å²) < 4.78 is 2.00. The Morgan fingerprint density at radius 1 is 1.25 bits per heavy atom. The summed E-state index contributed by atoms with van der Waals surface area (Å²) in [5, 5.41) is 16.5. The van der Waals surface area contributed by atoms with Crippen LogP contribution in [0.4, 0.5) is 0 Å². The van der Waals surface area contributed by atoms with Crippen LogP contribution in [0.3, 0.4) is 0 Å². The second kappa shape index (κ2) is 7.05. The third kappa shape index (κ3) is 3.59. The van der Waals surface area contributed by atoms with E-state index in [4.69, 9.17) is 0 Å². The predicted molar refractivity (Wildman–Crippen MR) is 91.3 cm³/mol. The van der Waals surface area contributed by atoms with E-state index in [1.807, 2.05) is 42.1 Å². The summed E-state index contributed by atoms with van der Waals surface area (Å²) >= 11 is 0. The van der Waals surface area contributed by atoms with E-state index >= 15 is 0 Å². The summed E-state index contributed by atoms with van der Waals surface area (Å²) in [5.74, 6) is -1.31. The van der Waals surface area contributed by atoms with Crippen molar-refractivity contribution in [1.82, 2.24) is 15.2 Å². The summed E-state index contributed by atoms with van der Waals surface area (Å²) in [7, 11) is 1.96. The highest BCUT2D eigenvalue weighted by Gasteiger charge is 2.22. The number of carbonyl (C=O) groups is 2. The number of aliphatic hydroxyl groups is 1. The van der Waals surface area contributed by atoms with Gasteiger partial charge in [-0.15, -0.1) is 0 Å². The summed E-state index contributed by atoms with van der Waals surface area (Å²) in [5.41, 5.74) is 1.79. The fourth-order valence-electron chi connectivity index (χ4n) is 3.22. The van der Waals surface area contributed by atoms with Crippen molar-refractivity contribution in [3.8, 4) is 0 Å². The van der Waals surface area contributed by atoms with Crippen LogP contribution in [0.25, 0.3) is 10.9 Å². The molecular formula is C18H23N3O3. The first-order valence-electron chi connectivity index (χ1n) is 8.36. The molecule has 1 aliphatic carbocycles. The SMILES string of the molecule is Cn1ccc2cc([C@@H](O)CNC(=O)C(=O)NC3CCCC3)ccc21. The maximum absolute atomic E-state index is 11.8. The number of aryl methyl sites for hydroxylation is 1. The third-order valence-electron chi connectivity index (χ3n) is 4.65. The van der Waals surface area contributed by atoms with Crippen molar-refractivity contribution in [3.63, 3.8) is 0 Å². The molecule has 3 rings (SSSR count). The quantitative estimate of drug-likeness (QED) is 0.741. The normalized spacial score (nSPS) is 16.2. The lowest BCUT2D eigenvalue weighted by Gasteiger charge is -2.14. The standard InChI is InChI=1S/C18H23N3O3/c1-21-9-8-12-10-13(6-7-15(12)21)16(22)11-19-17(23)18(24)20-14-4-2-3-5-14/h6-10,14,16,22H,2-5,11H2,1H3,(H,19,23)(H,20,24)/t16-/m0/s1. The Kier molecular flexibility index (Phi) is 4.85. The van der Waals surface area contributed by atoms with Gasteiger partial charge >= 0.3 is 11.8 Å². The van der Waals surface area contributed by atoms with Crippen LogP contribution in [0.1, 0.15) is 37.4 Å². The molecule has 128 valence electrons. The molecule has 0 spiro atoms. The van der Waals surface area contributed by atoms with E-state index in [1.54, 1.807) is 0 Å². The molecule has 2 amide bonds. The fraction of sp³-hybridized carbons (Fsp3) is 0.444. The first-order valence-corrected chi connectivity index (χ1v) is 8.36. The van der Waals surface area contributed by atoms with Crippen LogP contribution in [0, 0.1) is 0 Å². The second-order valence-corrected chi connectivity index (χ2v) is 6.43. The molecule has 1 atom stereocenters. The molecule has 24 heavy (non-hydrogen) atoms. The van der Waals surface area contributed by atoms with Crippen LogP contribution in [-0.2, 0) is 16.6 Å². The zero-order chi connectivity index (χ0) is 17.1. The van der Waals surface area contributed by atoms with Gasteiger partial charge in [0.25, 0.3) is 0 Å². The Hall–Kier alpha value is -2.34. The molecule has 6 heteroatoms. The van der Waals surface area contributed by atoms with Crippen molar-refractivity contribution in [2.24, 2.45) is 7.05 Å². The van der Waals surface area contributed by atoms with E-state index in [1.165, 1.54) is 0 Å². The number of nitrogens with zero attached hydrogens (tertiary/aromatic N) is 1. The number of nitrogens with one attached hydrogen (secondary N) is 2. The molecule has 1 aromatic carbocycles. The molecule has 2 aromatic rings. The molecule has 1 aromatic heterocycles. The number of rotatable bonds is 4. The van der Waals surface area contributed by atoms with Crippen LogP contribution in [0.5, 0.6) is 0 Å². The van der Waals surface area contributed by atoms with Crippen molar-refractivity contribution >= 4 is 22.7 Å². The van der Waals surface area contributed by atoms with Gasteiger partial charge in [0.05, 0.1) is 6.10 Å². The van der Waals surface area contributed by atoms with Gasteiger partial charge in [0, 0.05) is 31.3 Å². The maximum atomic E-state index is 11.8.